The Kier molecular flexibility index (Phi) is 6.92. The van der Waals surface area contributed by atoms with Gasteiger partial charge in [0.15, 0.2) is 11.5 Å². The van der Waals surface area contributed by atoms with Crippen LogP contribution in [0.15, 0.2) is 18.2 Å². The van der Waals surface area contributed by atoms with E-state index in [1.165, 1.54) is 0 Å². The second kappa shape index (κ2) is 9.60. The van der Waals surface area contributed by atoms with Gasteiger partial charge in [-0.15, -0.1) is 0 Å². The van der Waals surface area contributed by atoms with Crippen LogP contribution in [0.5, 0.6) is 11.5 Å². The van der Waals surface area contributed by atoms with Gasteiger partial charge in [-0.05, 0) is 25.0 Å². The average molecular weight is 376 g/mol. The van der Waals surface area contributed by atoms with Gasteiger partial charge in [0.25, 0.3) is 0 Å². The maximum absolute atomic E-state index is 12.4. The van der Waals surface area contributed by atoms with Crippen molar-refractivity contribution in [1.29, 1.82) is 0 Å². The summed E-state index contributed by atoms with van der Waals surface area (Å²) >= 11 is 0. The third kappa shape index (κ3) is 5.13. The van der Waals surface area contributed by atoms with Crippen molar-refractivity contribution in [3.63, 3.8) is 0 Å². The van der Waals surface area contributed by atoms with Crippen molar-refractivity contribution < 1.29 is 23.8 Å². The lowest BCUT2D eigenvalue weighted by Gasteiger charge is -2.22. The molecule has 0 aromatic heterocycles. The SMILES string of the molecule is CCCCOCCCNC(=O)[C@@H]1CC(=O)N(c2ccc3c(c2)OCCO3)C1. The number of unbranched alkanes of at least 4 members (excludes halogenated alkanes) is 1. The van der Waals surface area contributed by atoms with Crippen LogP contribution in [0.2, 0.25) is 0 Å². The summed E-state index contributed by atoms with van der Waals surface area (Å²) in [6.07, 6.45) is 3.19. The zero-order valence-corrected chi connectivity index (χ0v) is 15.9. The van der Waals surface area contributed by atoms with Crippen LogP contribution in [0.3, 0.4) is 0 Å². The summed E-state index contributed by atoms with van der Waals surface area (Å²) in [5.41, 5.74) is 0.740. The van der Waals surface area contributed by atoms with Gasteiger partial charge in [-0.3, -0.25) is 9.59 Å². The molecule has 1 N–H and O–H groups in total. The van der Waals surface area contributed by atoms with Crippen LogP contribution >= 0.6 is 0 Å². The molecule has 1 aromatic carbocycles. The normalized spacial score (nSPS) is 18.6. The molecule has 3 rings (SSSR count). The van der Waals surface area contributed by atoms with Crippen molar-refractivity contribution in [3.05, 3.63) is 18.2 Å². The van der Waals surface area contributed by atoms with Crippen LogP contribution in [-0.4, -0.2) is 51.3 Å². The lowest BCUT2D eigenvalue weighted by atomic mass is 10.1. The number of amides is 2. The predicted molar refractivity (Wildman–Crippen MR) is 101 cm³/mol. The summed E-state index contributed by atoms with van der Waals surface area (Å²) in [4.78, 5) is 26.4. The van der Waals surface area contributed by atoms with Crippen molar-refractivity contribution in [2.45, 2.75) is 32.6 Å². The minimum absolute atomic E-state index is 0.0465. The van der Waals surface area contributed by atoms with Crippen LogP contribution < -0.4 is 19.7 Å². The van der Waals surface area contributed by atoms with Crippen LogP contribution in [-0.2, 0) is 14.3 Å². The molecule has 0 saturated carbocycles. The van der Waals surface area contributed by atoms with Gasteiger partial charge in [-0.1, -0.05) is 13.3 Å². The van der Waals surface area contributed by atoms with Gasteiger partial charge in [-0.25, -0.2) is 0 Å². The van der Waals surface area contributed by atoms with E-state index in [0.29, 0.717) is 44.4 Å². The molecule has 148 valence electrons. The van der Waals surface area contributed by atoms with Gasteiger partial charge in [0.1, 0.15) is 13.2 Å². The lowest BCUT2D eigenvalue weighted by Crippen LogP contribution is -2.33. The number of ether oxygens (including phenoxy) is 3. The Morgan fingerprint density at radius 1 is 1.22 bits per heavy atom. The molecule has 2 amide bonds. The highest BCUT2D eigenvalue weighted by atomic mass is 16.6. The largest absolute Gasteiger partial charge is 0.486 e. The summed E-state index contributed by atoms with van der Waals surface area (Å²) in [6.45, 7) is 5.52. The van der Waals surface area contributed by atoms with E-state index in [0.717, 1.165) is 31.6 Å². The fourth-order valence-electron chi connectivity index (χ4n) is 3.21. The zero-order chi connectivity index (χ0) is 19.1. The Balaban J connectivity index is 1.46. The topological polar surface area (TPSA) is 77.1 Å². The first-order valence-corrected chi connectivity index (χ1v) is 9.74. The van der Waals surface area contributed by atoms with Crippen molar-refractivity contribution in [3.8, 4) is 11.5 Å². The molecule has 0 radical (unpaired) electrons. The number of carbonyl (C=O) groups excluding carboxylic acids is 2. The van der Waals surface area contributed by atoms with Crippen molar-refractivity contribution in [2.75, 3.05) is 44.4 Å². The summed E-state index contributed by atoms with van der Waals surface area (Å²) in [5.74, 6) is 0.882. The molecule has 0 bridgehead atoms. The van der Waals surface area contributed by atoms with Crippen molar-refractivity contribution in [1.82, 2.24) is 5.32 Å². The molecular formula is C20H28N2O5. The molecule has 1 fully saturated rings. The Hall–Kier alpha value is -2.28. The molecule has 2 aliphatic heterocycles. The molecule has 1 atom stereocenters. The summed E-state index contributed by atoms with van der Waals surface area (Å²) < 4.78 is 16.6. The van der Waals surface area contributed by atoms with E-state index in [1.54, 1.807) is 11.0 Å². The number of carbonyl (C=O) groups is 2. The highest BCUT2D eigenvalue weighted by molar-refractivity contribution is 6.00. The number of rotatable bonds is 9. The Bertz CT molecular complexity index is 664. The van der Waals surface area contributed by atoms with Crippen molar-refractivity contribution in [2.24, 2.45) is 5.92 Å². The highest BCUT2D eigenvalue weighted by Gasteiger charge is 2.35. The number of fused-ring (bicyclic) bond motifs is 1. The first-order valence-electron chi connectivity index (χ1n) is 9.74. The molecule has 7 heteroatoms. The monoisotopic (exact) mass is 376 g/mol. The number of nitrogens with one attached hydrogen (secondary N) is 1. The molecule has 0 spiro atoms. The lowest BCUT2D eigenvalue weighted by molar-refractivity contribution is -0.126. The van der Waals surface area contributed by atoms with Gasteiger partial charge in [0, 0.05) is 44.5 Å². The van der Waals surface area contributed by atoms with E-state index in [4.69, 9.17) is 14.2 Å². The Morgan fingerprint density at radius 2 is 2.00 bits per heavy atom. The summed E-state index contributed by atoms with van der Waals surface area (Å²) in [7, 11) is 0. The number of benzene rings is 1. The second-order valence-corrected chi connectivity index (χ2v) is 6.84. The van der Waals surface area contributed by atoms with E-state index in [1.807, 2.05) is 12.1 Å². The van der Waals surface area contributed by atoms with Crippen LogP contribution in [0.1, 0.15) is 32.6 Å². The fraction of sp³-hybridized carbons (Fsp3) is 0.600. The summed E-state index contributed by atoms with van der Waals surface area (Å²) in [6, 6.07) is 5.45. The minimum atomic E-state index is -0.327. The van der Waals surface area contributed by atoms with E-state index in [9.17, 15) is 9.59 Å². The third-order valence-electron chi connectivity index (χ3n) is 4.74. The second-order valence-electron chi connectivity index (χ2n) is 6.84. The van der Waals surface area contributed by atoms with Crippen LogP contribution in [0.4, 0.5) is 5.69 Å². The van der Waals surface area contributed by atoms with E-state index in [-0.39, 0.29) is 24.2 Å². The van der Waals surface area contributed by atoms with Gasteiger partial charge in [0.05, 0.1) is 5.92 Å². The molecule has 1 saturated heterocycles. The highest BCUT2D eigenvalue weighted by Crippen LogP contribution is 2.35. The quantitative estimate of drug-likeness (QED) is 0.668. The van der Waals surface area contributed by atoms with Gasteiger partial charge in [0.2, 0.25) is 11.8 Å². The van der Waals surface area contributed by atoms with E-state index >= 15 is 0 Å². The number of nitrogens with zero attached hydrogens (tertiary/aromatic N) is 1. The first-order chi connectivity index (χ1) is 13.2. The Morgan fingerprint density at radius 3 is 2.81 bits per heavy atom. The van der Waals surface area contributed by atoms with Gasteiger partial charge in [-0.2, -0.15) is 0 Å². The first kappa shape index (κ1) is 19.5. The van der Waals surface area contributed by atoms with Crippen LogP contribution in [0.25, 0.3) is 0 Å². The summed E-state index contributed by atoms with van der Waals surface area (Å²) in [5, 5.41) is 2.92. The molecule has 27 heavy (non-hydrogen) atoms. The standard InChI is InChI=1S/C20H28N2O5/c1-2-3-8-25-9-4-7-21-20(24)15-12-19(23)22(14-15)16-5-6-17-18(13-16)27-11-10-26-17/h5-6,13,15H,2-4,7-12,14H2,1H3,(H,21,24)/t15-/m1/s1. The van der Waals surface area contributed by atoms with E-state index < -0.39 is 0 Å². The average Bonchev–Trinajstić information content (AvgIpc) is 3.08. The Labute approximate surface area is 160 Å². The predicted octanol–water partition coefficient (Wildman–Crippen LogP) is 2.13. The van der Waals surface area contributed by atoms with Gasteiger partial charge < -0.3 is 24.4 Å². The molecule has 2 heterocycles. The molecule has 7 nitrogen and oxygen atoms in total. The third-order valence-corrected chi connectivity index (χ3v) is 4.74. The minimum Gasteiger partial charge on any atom is -0.486 e. The maximum Gasteiger partial charge on any atom is 0.227 e. The maximum atomic E-state index is 12.4. The molecule has 0 unspecified atom stereocenters. The molecule has 2 aliphatic rings. The van der Waals surface area contributed by atoms with Gasteiger partial charge >= 0.3 is 0 Å². The van der Waals surface area contributed by atoms with Crippen molar-refractivity contribution >= 4 is 17.5 Å². The number of hydrogen-bond acceptors (Lipinski definition) is 5. The zero-order valence-electron chi connectivity index (χ0n) is 15.9. The smallest absolute Gasteiger partial charge is 0.227 e. The van der Waals surface area contributed by atoms with E-state index in [2.05, 4.69) is 12.2 Å². The molecular weight excluding hydrogens is 348 g/mol. The molecule has 0 aliphatic carbocycles. The molecule has 1 aromatic rings. The number of hydrogen-bond donors (Lipinski definition) is 1. The van der Waals surface area contributed by atoms with Crippen LogP contribution in [0, 0.1) is 5.92 Å². The number of anilines is 1. The fourth-order valence-corrected chi connectivity index (χ4v) is 3.21.